The van der Waals surface area contributed by atoms with Crippen LogP contribution in [-0.2, 0) is 11.8 Å². The molecule has 2 aromatic carbocycles. The van der Waals surface area contributed by atoms with Crippen molar-refractivity contribution in [1.82, 2.24) is 9.88 Å². The maximum absolute atomic E-state index is 15.6. The number of nitriles is 1. The monoisotopic (exact) mass is 510 g/mol. The number of alkyl halides is 4. The van der Waals surface area contributed by atoms with Crippen molar-refractivity contribution in [1.29, 1.82) is 5.26 Å². The molecule has 1 aliphatic rings. The summed E-state index contributed by atoms with van der Waals surface area (Å²) in [5.74, 6) is -1.37. The van der Waals surface area contributed by atoms with Gasteiger partial charge in [0.2, 0.25) is 0 Å². The van der Waals surface area contributed by atoms with Crippen molar-refractivity contribution >= 4 is 17.5 Å². The van der Waals surface area contributed by atoms with Crippen molar-refractivity contribution in [3.63, 3.8) is 0 Å². The van der Waals surface area contributed by atoms with E-state index in [0.29, 0.717) is 16.8 Å². The van der Waals surface area contributed by atoms with Crippen LogP contribution in [0.15, 0.2) is 60.8 Å². The Morgan fingerprint density at radius 2 is 1.68 bits per heavy atom. The van der Waals surface area contributed by atoms with E-state index in [0.717, 1.165) is 18.2 Å². The summed E-state index contributed by atoms with van der Waals surface area (Å²) in [6.45, 7) is 1.80. The van der Waals surface area contributed by atoms with Crippen LogP contribution in [0.5, 0.6) is 0 Å². The number of nitrogens with one attached hydrogen (secondary N) is 1. The molecule has 1 N–H and O–H groups in total. The minimum atomic E-state index is -4.77. The highest BCUT2D eigenvalue weighted by Crippen LogP contribution is 2.39. The van der Waals surface area contributed by atoms with Gasteiger partial charge in [0.05, 0.1) is 28.4 Å². The van der Waals surface area contributed by atoms with E-state index in [-0.39, 0.29) is 37.1 Å². The van der Waals surface area contributed by atoms with Crippen LogP contribution >= 0.6 is 0 Å². The summed E-state index contributed by atoms with van der Waals surface area (Å²) in [5.41, 5.74) is -1.89. The molecule has 1 aliphatic heterocycles. The predicted octanol–water partition coefficient (Wildman–Crippen LogP) is 5.63. The quantitative estimate of drug-likeness (QED) is 0.461. The van der Waals surface area contributed by atoms with E-state index in [1.54, 1.807) is 25.1 Å². The highest BCUT2D eigenvalue weighted by molar-refractivity contribution is 6.05. The van der Waals surface area contributed by atoms with E-state index in [1.165, 1.54) is 29.3 Å². The fourth-order valence-electron chi connectivity index (χ4n) is 4.20. The standard InChI is InChI=1S/C27H22F4N4O2/c1-17-2-5-20(16-33-17)24(36)34-23-14-19(6-9-22(23)27(29,30)31)25(37)35-12-10-26(28,11-13-35)21-7-3-18(15-32)4-8-21/h2-9,14,16H,10-13H2,1H3,(H,34,36). The summed E-state index contributed by atoms with van der Waals surface area (Å²) in [6.07, 6.45) is -3.53. The first-order chi connectivity index (χ1) is 17.5. The molecule has 190 valence electrons. The predicted molar refractivity (Wildman–Crippen MR) is 127 cm³/mol. The average Bonchev–Trinajstić information content (AvgIpc) is 2.88. The number of aromatic nitrogens is 1. The first-order valence-electron chi connectivity index (χ1n) is 11.4. The molecule has 37 heavy (non-hydrogen) atoms. The van der Waals surface area contributed by atoms with Crippen molar-refractivity contribution in [3.05, 3.63) is 94.3 Å². The largest absolute Gasteiger partial charge is 0.418 e. The van der Waals surface area contributed by atoms with Gasteiger partial charge in [-0.25, -0.2) is 4.39 Å². The number of aryl methyl sites for hydroxylation is 1. The number of carbonyl (C=O) groups is 2. The molecule has 0 spiro atoms. The number of likely N-dealkylation sites (tertiary alicyclic amines) is 1. The lowest BCUT2D eigenvalue weighted by atomic mass is 9.85. The van der Waals surface area contributed by atoms with Gasteiger partial charge in [-0.2, -0.15) is 18.4 Å². The number of benzene rings is 2. The van der Waals surface area contributed by atoms with Crippen molar-refractivity contribution < 1.29 is 27.2 Å². The molecule has 1 saturated heterocycles. The van der Waals surface area contributed by atoms with Gasteiger partial charge in [-0.15, -0.1) is 0 Å². The fraction of sp³-hybridized carbons (Fsp3) is 0.259. The van der Waals surface area contributed by atoms with Crippen LogP contribution < -0.4 is 5.32 Å². The molecule has 0 bridgehead atoms. The molecule has 1 aromatic heterocycles. The summed E-state index contributed by atoms with van der Waals surface area (Å²) in [7, 11) is 0. The molecule has 3 aromatic rings. The number of rotatable bonds is 4. The first-order valence-corrected chi connectivity index (χ1v) is 11.4. The van der Waals surface area contributed by atoms with Crippen molar-refractivity contribution in [2.24, 2.45) is 0 Å². The Hall–Kier alpha value is -4.26. The number of carbonyl (C=O) groups excluding carboxylic acids is 2. The third-order valence-electron chi connectivity index (χ3n) is 6.37. The van der Waals surface area contributed by atoms with Crippen molar-refractivity contribution in [3.8, 4) is 6.07 Å². The Kier molecular flexibility index (Phi) is 6.99. The van der Waals surface area contributed by atoms with Gasteiger partial charge in [0, 0.05) is 43.4 Å². The lowest BCUT2D eigenvalue weighted by Crippen LogP contribution is -2.43. The lowest BCUT2D eigenvalue weighted by Gasteiger charge is -2.37. The van der Waals surface area contributed by atoms with Crippen LogP contribution in [0.3, 0.4) is 0 Å². The smallest absolute Gasteiger partial charge is 0.338 e. The van der Waals surface area contributed by atoms with Crippen LogP contribution in [0, 0.1) is 18.3 Å². The zero-order valence-corrected chi connectivity index (χ0v) is 19.8. The molecular formula is C27H22F4N4O2. The minimum Gasteiger partial charge on any atom is -0.338 e. The Bertz CT molecular complexity index is 1360. The summed E-state index contributed by atoms with van der Waals surface area (Å²) in [4.78, 5) is 31.0. The molecule has 4 rings (SSSR count). The molecular weight excluding hydrogens is 488 g/mol. The number of amides is 2. The number of nitrogens with zero attached hydrogens (tertiary/aromatic N) is 3. The second-order valence-electron chi connectivity index (χ2n) is 8.85. The number of pyridine rings is 1. The third kappa shape index (κ3) is 5.61. The van der Waals surface area contributed by atoms with E-state index >= 15 is 4.39 Å². The van der Waals surface area contributed by atoms with E-state index in [2.05, 4.69) is 10.3 Å². The van der Waals surface area contributed by atoms with E-state index in [9.17, 15) is 22.8 Å². The minimum absolute atomic E-state index is 0.00467. The van der Waals surface area contributed by atoms with Gasteiger partial charge in [0.15, 0.2) is 0 Å². The number of hydrogen-bond donors (Lipinski definition) is 1. The van der Waals surface area contributed by atoms with Gasteiger partial charge < -0.3 is 10.2 Å². The summed E-state index contributed by atoms with van der Waals surface area (Å²) < 4.78 is 56.4. The van der Waals surface area contributed by atoms with Gasteiger partial charge in [-0.1, -0.05) is 12.1 Å². The van der Waals surface area contributed by atoms with E-state index in [1.807, 2.05) is 6.07 Å². The third-order valence-corrected chi connectivity index (χ3v) is 6.37. The molecule has 0 atom stereocenters. The van der Waals surface area contributed by atoms with Crippen LogP contribution in [0.2, 0.25) is 0 Å². The van der Waals surface area contributed by atoms with Crippen LogP contribution in [0.1, 0.15) is 55.9 Å². The van der Waals surface area contributed by atoms with Crippen LogP contribution in [0.25, 0.3) is 0 Å². The van der Waals surface area contributed by atoms with E-state index in [4.69, 9.17) is 5.26 Å². The van der Waals surface area contributed by atoms with E-state index < -0.39 is 34.9 Å². The molecule has 2 amide bonds. The highest BCUT2D eigenvalue weighted by Gasteiger charge is 2.38. The topological polar surface area (TPSA) is 86.1 Å². The van der Waals surface area contributed by atoms with Gasteiger partial charge in [0.25, 0.3) is 11.8 Å². The van der Waals surface area contributed by atoms with Gasteiger partial charge in [-0.05, 0) is 55.0 Å². The van der Waals surface area contributed by atoms with Crippen molar-refractivity contribution in [2.75, 3.05) is 18.4 Å². The van der Waals surface area contributed by atoms with Gasteiger partial charge >= 0.3 is 6.18 Å². The Labute approximate surface area is 210 Å². The van der Waals surface area contributed by atoms with Crippen molar-refractivity contribution in [2.45, 2.75) is 31.6 Å². The summed E-state index contributed by atoms with van der Waals surface area (Å²) in [6, 6.07) is 13.9. The van der Waals surface area contributed by atoms with Crippen LogP contribution in [-0.4, -0.2) is 34.8 Å². The molecule has 0 saturated carbocycles. The maximum Gasteiger partial charge on any atom is 0.418 e. The summed E-state index contributed by atoms with van der Waals surface area (Å²) >= 11 is 0. The average molecular weight is 510 g/mol. The molecule has 0 aliphatic carbocycles. The second-order valence-corrected chi connectivity index (χ2v) is 8.85. The highest BCUT2D eigenvalue weighted by atomic mass is 19.4. The van der Waals surface area contributed by atoms with Crippen LogP contribution in [0.4, 0.5) is 23.2 Å². The Morgan fingerprint density at radius 1 is 1.03 bits per heavy atom. The fourth-order valence-corrected chi connectivity index (χ4v) is 4.20. The molecule has 10 heteroatoms. The number of halogens is 4. The SMILES string of the molecule is Cc1ccc(C(=O)Nc2cc(C(=O)N3CCC(F)(c4ccc(C#N)cc4)CC3)ccc2C(F)(F)F)cn1. The molecule has 6 nitrogen and oxygen atoms in total. The first kappa shape index (κ1) is 25.8. The zero-order chi connectivity index (χ0) is 26.8. The molecule has 1 fully saturated rings. The number of piperidine rings is 1. The maximum atomic E-state index is 15.6. The zero-order valence-electron chi connectivity index (χ0n) is 19.8. The van der Waals surface area contributed by atoms with Gasteiger partial charge in [0.1, 0.15) is 5.67 Å². The second kappa shape index (κ2) is 10.0. The number of anilines is 1. The molecule has 0 radical (unpaired) electrons. The summed E-state index contributed by atoms with van der Waals surface area (Å²) in [5, 5.41) is 11.2. The molecule has 2 heterocycles. The Balaban J connectivity index is 1.53. The lowest BCUT2D eigenvalue weighted by molar-refractivity contribution is -0.136. The number of hydrogen-bond acceptors (Lipinski definition) is 4. The Morgan fingerprint density at radius 3 is 2.24 bits per heavy atom. The van der Waals surface area contributed by atoms with Gasteiger partial charge in [-0.3, -0.25) is 14.6 Å². The normalized spacial score (nSPS) is 15.1. The molecule has 0 unspecified atom stereocenters.